The van der Waals surface area contributed by atoms with E-state index in [1.54, 1.807) is 48.5 Å². The monoisotopic (exact) mass is 334 g/mol. The fraction of sp³-hybridized carbons (Fsp3) is 0.0667. The van der Waals surface area contributed by atoms with Gasteiger partial charge in [0.05, 0.1) is 5.75 Å². The second kappa shape index (κ2) is 5.90. The molecule has 112 valence electrons. The molecule has 0 atom stereocenters. The minimum absolute atomic E-state index is 0.142. The van der Waals surface area contributed by atoms with Crippen molar-refractivity contribution in [2.24, 2.45) is 0 Å². The Kier molecular flexibility index (Phi) is 3.96. The lowest BCUT2D eigenvalue weighted by Gasteiger charge is -1.99. The van der Waals surface area contributed by atoms with Crippen molar-refractivity contribution < 1.29 is 12.8 Å². The summed E-state index contributed by atoms with van der Waals surface area (Å²) >= 11 is 5.80. The zero-order valence-corrected chi connectivity index (χ0v) is 12.9. The topological polar surface area (TPSA) is 73.1 Å². The molecule has 0 saturated heterocycles. The smallest absolute Gasteiger partial charge is 0.336 e. The normalized spacial score (nSPS) is 11.5. The first-order chi connectivity index (χ1) is 10.5. The van der Waals surface area contributed by atoms with Crippen molar-refractivity contribution in [3.63, 3.8) is 0 Å². The van der Waals surface area contributed by atoms with Gasteiger partial charge in [-0.3, -0.25) is 0 Å². The maximum absolute atomic E-state index is 12.3. The van der Waals surface area contributed by atoms with Crippen molar-refractivity contribution in [3.8, 4) is 11.5 Å². The Morgan fingerprint density at radius 3 is 2.32 bits per heavy atom. The molecule has 5 nitrogen and oxygen atoms in total. The van der Waals surface area contributed by atoms with Crippen molar-refractivity contribution >= 4 is 21.4 Å². The van der Waals surface area contributed by atoms with E-state index >= 15 is 0 Å². The highest BCUT2D eigenvalue weighted by Crippen LogP contribution is 2.23. The predicted octanol–water partition coefficient (Wildman–Crippen LogP) is 3.36. The van der Waals surface area contributed by atoms with Gasteiger partial charge in [0.25, 0.3) is 0 Å². The van der Waals surface area contributed by atoms with Gasteiger partial charge in [-0.2, -0.15) is 0 Å². The van der Waals surface area contributed by atoms with Gasteiger partial charge in [-0.15, -0.1) is 5.10 Å². The highest BCUT2D eigenvalue weighted by atomic mass is 35.5. The summed E-state index contributed by atoms with van der Waals surface area (Å²) in [5.74, 6) is -0.0425. The van der Waals surface area contributed by atoms with Crippen molar-refractivity contribution in [2.75, 3.05) is 0 Å². The van der Waals surface area contributed by atoms with Gasteiger partial charge < -0.3 is 4.42 Å². The van der Waals surface area contributed by atoms with E-state index in [2.05, 4.69) is 10.2 Å². The first kappa shape index (κ1) is 14.7. The van der Waals surface area contributed by atoms with Gasteiger partial charge in [0, 0.05) is 10.6 Å². The van der Waals surface area contributed by atoms with Crippen LogP contribution in [0.1, 0.15) is 5.56 Å². The van der Waals surface area contributed by atoms with Gasteiger partial charge in [-0.25, -0.2) is 8.42 Å². The van der Waals surface area contributed by atoms with E-state index in [1.807, 2.05) is 6.07 Å². The van der Waals surface area contributed by atoms with E-state index in [0.29, 0.717) is 16.1 Å². The summed E-state index contributed by atoms with van der Waals surface area (Å²) in [5, 5.41) is 7.61. The third-order valence-corrected chi connectivity index (χ3v) is 4.63. The molecule has 2 aromatic carbocycles. The molecule has 0 bridgehead atoms. The van der Waals surface area contributed by atoms with Crippen molar-refractivity contribution in [1.29, 1.82) is 0 Å². The van der Waals surface area contributed by atoms with Crippen LogP contribution in [0.3, 0.4) is 0 Å². The van der Waals surface area contributed by atoms with Gasteiger partial charge in [0.15, 0.2) is 0 Å². The molecule has 1 heterocycles. The van der Waals surface area contributed by atoms with Gasteiger partial charge >= 0.3 is 5.22 Å². The Labute approximate surface area is 132 Å². The molecule has 0 aliphatic heterocycles. The minimum atomic E-state index is -3.68. The van der Waals surface area contributed by atoms with Crippen LogP contribution in [0.2, 0.25) is 5.02 Å². The molecule has 0 saturated carbocycles. The molecular formula is C15H11ClN2O3S. The summed E-state index contributed by atoms with van der Waals surface area (Å²) in [4.78, 5) is 0. The number of benzene rings is 2. The fourth-order valence-electron chi connectivity index (χ4n) is 1.90. The molecule has 0 N–H and O–H groups in total. The van der Waals surface area contributed by atoms with Crippen molar-refractivity contribution in [3.05, 3.63) is 65.2 Å². The fourth-order valence-corrected chi connectivity index (χ4v) is 3.15. The quantitative estimate of drug-likeness (QED) is 0.731. The number of halogens is 1. The summed E-state index contributed by atoms with van der Waals surface area (Å²) < 4.78 is 29.9. The SMILES string of the molecule is O=S(=O)(Cc1ccccc1)c1nnc(-c2ccc(Cl)cc2)o1. The van der Waals surface area contributed by atoms with E-state index in [-0.39, 0.29) is 16.9 Å². The highest BCUT2D eigenvalue weighted by Gasteiger charge is 2.23. The molecule has 22 heavy (non-hydrogen) atoms. The second-order valence-electron chi connectivity index (χ2n) is 4.62. The Bertz CT molecular complexity index is 875. The van der Waals surface area contributed by atoms with E-state index in [9.17, 15) is 8.42 Å². The number of hydrogen-bond acceptors (Lipinski definition) is 5. The van der Waals surface area contributed by atoms with Crippen LogP contribution in [-0.2, 0) is 15.6 Å². The number of aromatic nitrogens is 2. The summed E-state index contributed by atoms with van der Waals surface area (Å²) in [7, 11) is -3.68. The molecular weight excluding hydrogens is 324 g/mol. The lowest BCUT2D eigenvalue weighted by Crippen LogP contribution is -2.05. The summed E-state index contributed by atoms with van der Waals surface area (Å²) in [5.41, 5.74) is 1.27. The van der Waals surface area contributed by atoms with Crippen LogP contribution in [0.15, 0.2) is 64.2 Å². The molecule has 0 aliphatic carbocycles. The molecule has 0 spiro atoms. The summed E-state index contributed by atoms with van der Waals surface area (Å²) in [6.45, 7) is 0. The summed E-state index contributed by atoms with van der Waals surface area (Å²) in [6.07, 6.45) is 0. The second-order valence-corrected chi connectivity index (χ2v) is 6.93. The van der Waals surface area contributed by atoms with E-state index in [4.69, 9.17) is 16.0 Å². The first-order valence-electron chi connectivity index (χ1n) is 6.41. The van der Waals surface area contributed by atoms with E-state index < -0.39 is 9.84 Å². The number of sulfone groups is 1. The summed E-state index contributed by atoms with van der Waals surface area (Å²) in [6, 6.07) is 15.5. The Balaban J connectivity index is 1.88. The van der Waals surface area contributed by atoms with Crippen LogP contribution in [-0.4, -0.2) is 18.6 Å². The molecule has 0 radical (unpaired) electrons. The maximum atomic E-state index is 12.3. The average Bonchev–Trinajstić information content (AvgIpc) is 2.99. The van der Waals surface area contributed by atoms with Crippen LogP contribution in [0.25, 0.3) is 11.5 Å². The molecule has 3 rings (SSSR count). The lowest BCUT2D eigenvalue weighted by molar-refractivity contribution is 0.439. The Hall–Kier alpha value is -2.18. The third-order valence-electron chi connectivity index (χ3n) is 2.96. The van der Waals surface area contributed by atoms with Crippen molar-refractivity contribution in [1.82, 2.24) is 10.2 Å². The lowest BCUT2D eigenvalue weighted by atomic mass is 10.2. The highest BCUT2D eigenvalue weighted by molar-refractivity contribution is 7.90. The van der Waals surface area contributed by atoms with Gasteiger partial charge in [-0.1, -0.05) is 47.0 Å². The molecule has 0 aliphatic rings. The minimum Gasteiger partial charge on any atom is -0.408 e. The molecule has 0 amide bonds. The van der Waals surface area contributed by atoms with Crippen LogP contribution in [0.5, 0.6) is 0 Å². The predicted molar refractivity (Wildman–Crippen MR) is 82.1 cm³/mol. The molecule has 1 aromatic heterocycles. The van der Waals surface area contributed by atoms with E-state index in [0.717, 1.165) is 0 Å². The number of hydrogen-bond donors (Lipinski definition) is 0. The van der Waals surface area contributed by atoms with E-state index in [1.165, 1.54) is 0 Å². The van der Waals surface area contributed by atoms with Crippen LogP contribution < -0.4 is 0 Å². The van der Waals surface area contributed by atoms with Gasteiger partial charge in [0.2, 0.25) is 15.7 Å². The molecule has 7 heteroatoms. The average molecular weight is 335 g/mol. The van der Waals surface area contributed by atoms with Crippen molar-refractivity contribution in [2.45, 2.75) is 11.0 Å². The maximum Gasteiger partial charge on any atom is 0.336 e. The van der Waals surface area contributed by atoms with Gasteiger partial charge in [0.1, 0.15) is 0 Å². The standard InChI is InChI=1S/C15H11ClN2O3S/c16-13-8-6-12(7-9-13)14-17-18-15(21-14)22(19,20)10-11-4-2-1-3-5-11/h1-9H,10H2. The molecule has 0 fully saturated rings. The molecule has 0 unspecified atom stereocenters. The van der Waals surface area contributed by atoms with Gasteiger partial charge in [-0.05, 0) is 29.8 Å². The largest absolute Gasteiger partial charge is 0.408 e. The first-order valence-corrected chi connectivity index (χ1v) is 8.44. The number of rotatable bonds is 4. The van der Waals surface area contributed by atoms with Crippen LogP contribution >= 0.6 is 11.6 Å². The van der Waals surface area contributed by atoms with Crippen LogP contribution in [0, 0.1) is 0 Å². The van der Waals surface area contributed by atoms with Crippen LogP contribution in [0.4, 0.5) is 0 Å². The zero-order valence-electron chi connectivity index (χ0n) is 11.3. The Morgan fingerprint density at radius 2 is 1.64 bits per heavy atom. The Morgan fingerprint density at radius 1 is 0.955 bits per heavy atom. The third kappa shape index (κ3) is 3.18. The molecule has 3 aromatic rings. The number of nitrogens with zero attached hydrogens (tertiary/aromatic N) is 2. The zero-order chi connectivity index (χ0) is 15.6.